The fourth-order valence-corrected chi connectivity index (χ4v) is 5.33. The lowest BCUT2D eigenvalue weighted by Crippen LogP contribution is -2.63. The van der Waals surface area contributed by atoms with E-state index in [1.807, 2.05) is 0 Å². The lowest BCUT2D eigenvalue weighted by atomic mass is 9.86. The highest BCUT2D eigenvalue weighted by Crippen LogP contribution is 2.37. The van der Waals surface area contributed by atoms with E-state index in [9.17, 15) is 38.7 Å². The quantitative estimate of drug-likeness (QED) is 0.126. The first-order valence-corrected chi connectivity index (χ1v) is 15.7. The number of allylic oxidation sites excluding steroid dienone is 1. The van der Waals surface area contributed by atoms with E-state index in [1.165, 1.54) is 13.0 Å². The van der Waals surface area contributed by atoms with Crippen molar-refractivity contribution in [2.75, 3.05) is 13.2 Å². The number of hydrogen-bond acceptors (Lipinski definition) is 16. The minimum Gasteiger partial charge on any atom is -0.478 e. The van der Waals surface area contributed by atoms with Crippen molar-refractivity contribution in [2.24, 2.45) is 5.92 Å². The van der Waals surface area contributed by atoms with Crippen LogP contribution in [0.3, 0.4) is 0 Å². The Morgan fingerprint density at radius 2 is 1.39 bits per heavy atom. The van der Waals surface area contributed by atoms with E-state index in [1.54, 1.807) is 31.2 Å². The lowest BCUT2D eigenvalue weighted by Gasteiger charge is -2.45. The maximum atomic E-state index is 13.0. The Bertz CT molecular complexity index is 1530. The van der Waals surface area contributed by atoms with Crippen LogP contribution in [0.2, 0.25) is 0 Å². The van der Waals surface area contributed by atoms with Crippen LogP contribution < -0.4 is 4.74 Å². The van der Waals surface area contributed by atoms with Crippen LogP contribution in [-0.4, -0.2) is 97.1 Å². The summed E-state index contributed by atoms with van der Waals surface area (Å²) in [7, 11) is 0. The molecule has 17 nitrogen and oxygen atoms in total. The lowest BCUT2D eigenvalue weighted by molar-refractivity contribution is -0.331. The first-order chi connectivity index (χ1) is 24.1. The Balaban J connectivity index is 1.84. The third kappa shape index (κ3) is 11.9. The maximum absolute atomic E-state index is 13.0. The molecular weight excluding hydrogens is 680 g/mol. The fourth-order valence-electron chi connectivity index (χ4n) is 5.33. The van der Waals surface area contributed by atoms with Crippen molar-refractivity contribution in [3.63, 3.8) is 0 Å². The van der Waals surface area contributed by atoms with Gasteiger partial charge in [-0.15, -0.1) is 0 Å². The van der Waals surface area contributed by atoms with Crippen LogP contribution in [0.25, 0.3) is 0 Å². The Labute approximate surface area is 292 Å². The predicted molar refractivity (Wildman–Crippen MR) is 168 cm³/mol. The number of esters is 6. The molecule has 2 aliphatic rings. The molecule has 0 unspecified atom stereocenters. The molecule has 1 saturated heterocycles. The number of carboxylic acid groups (broad SMARTS) is 1. The molecule has 0 amide bonds. The molecule has 2 heterocycles. The second-order valence-electron chi connectivity index (χ2n) is 11.3. The van der Waals surface area contributed by atoms with E-state index >= 15 is 0 Å². The minimum absolute atomic E-state index is 0.0447. The fraction of sp³-hybridized carbons (Fsp3) is 0.500. The van der Waals surface area contributed by atoms with Crippen LogP contribution in [0.5, 0.6) is 5.75 Å². The standard InChI is InChI=1S/C34H40O17/c1-7-24-25(14-28(40)43-13-12-22-8-10-23(11-9-22)46-18(3)36)26(32(41)42)15-45-33(24)51-34-31(49-21(6)39)30(48-20(5)38)29(47-19(4)37)27(50-34)16-44-17(2)35/h7-11,15,25,27,29-31,33-34H,12-14,16H2,1-6H3,(H,41,42)/b24-7+/t25-,27-,29-,30+,31-,33+,34+/m0/s1. The van der Waals surface area contributed by atoms with E-state index in [0.717, 1.165) is 39.5 Å². The zero-order valence-corrected chi connectivity index (χ0v) is 28.8. The topological polar surface area (TPSA) is 223 Å². The molecule has 7 atom stereocenters. The highest BCUT2D eigenvalue weighted by Gasteiger charge is 2.54. The van der Waals surface area contributed by atoms with Gasteiger partial charge in [-0.1, -0.05) is 18.2 Å². The number of rotatable bonds is 14. The molecule has 278 valence electrons. The third-order valence-electron chi connectivity index (χ3n) is 7.36. The number of benzene rings is 1. The van der Waals surface area contributed by atoms with Gasteiger partial charge in [0.05, 0.1) is 24.9 Å². The molecule has 1 aromatic carbocycles. The second-order valence-corrected chi connectivity index (χ2v) is 11.3. The molecule has 0 aromatic heterocycles. The van der Waals surface area contributed by atoms with Gasteiger partial charge in [-0.05, 0) is 24.6 Å². The molecule has 3 rings (SSSR count). The van der Waals surface area contributed by atoms with Gasteiger partial charge in [0.25, 0.3) is 0 Å². The number of carbonyl (C=O) groups is 7. The summed E-state index contributed by atoms with van der Waals surface area (Å²) >= 11 is 0. The molecule has 0 spiro atoms. The van der Waals surface area contributed by atoms with Gasteiger partial charge in [0, 0.05) is 52.5 Å². The largest absolute Gasteiger partial charge is 0.478 e. The van der Waals surface area contributed by atoms with Crippen LogP contribution in [0.4, 0.5) is 0 Å². The van der Waals surface area contributed by atoms with Crippen molar-refractivity contribution >= 4 is 41.8 Å². The van der Waals surface area contributed by atoms with Gasteiger partial charge in [-0.2, -0.15) is 0 Å². The zero-order chi connectivity index (χ0) is 37.8. The molecule has 1 N–H and O–H groups in total. The van der Waals surface area contributed by atoms with Crippen LogP contribution in [0, 0.1) is 5.92 Å². The first-order valence-electron chi connectivity index (χ1n) is 15.7. The Morgan fingerprint density at radius 3 is 1.94 bits per heavy atom. The van der Waals surface area contributed by atoms with Crippen LogP contribution in [-0.2, 0) is 77.9 Å². The summed E-state index contributed by atoms with van der Waals surface area (Å²) in [6.45, 7) is 6.60. The molecule has 17 heteroatoms. The zero-order valence-electron chi connectivity index (χ0n) is 28.8. The average Bonchev–Trinajstić information content (AvgIpc) is 3.02. The van der Waals surface area contributed by atoms with Gasteiger partial charge in [0.15, 0.2) is 18.3 Å². The van der Waals surface area contributed by atoms with E-state index in [-0.39, 0.29) is 17.8 Å². The van der Waals surface area contributed by atoms with E-state index in [4.69, 9.17) is 42.6 Å². The molecule has 0 aliphatic carbocycles. The SMILES string of the molecule is C/C=C1/[C@@H](O[C@H]2O[C@@H](COC(C)=O)[C@H](OC(C)=O)[C@@H](OC(C)=O)[C@@H]2OC(C)=O)OC=C(C(=O)O)[C@H]1CC(=O)OCCc1ccc(OC(C)=O)cc1. The van der Waals surface area contributed by atoms with Crippen LogP contribution in [0.1, 0.15) is 53.5 Å². The smallest absolute Gasteiger partial charge is 0.335 e. The van der Waals surface area contributed by atoms with Gasteiger partial charge in [-0.25, -0.2) is 4.79 Å². The van der Waals surface area contributed by atoms with Crippen molar-refractivity contribution < 1.29 is 81.3 Å². The summed E-state index contributed by atoms with van der Waals surface area (Å²) in [6, 6.07) is 6.58. The normalized spacial score (nSPS) is 24.9. The average molecular weight is 721 g/mol. The molecule has 0 bridgehead atoms. The van der Waals surface area contributed by atoms with Crippen molar-refractivity contribution in [2.45, 2.75) is 91.4 Å². The maximum Gasteiger partial charge on any atom is 0.335 e. The molecule has 51 heavy (non-hydrogen) atoms. The predicted octanol–water partition coefficient (Wildman–Crippen LogP) is 2.07. The van der Waals surface area contributed by atoms with Crippen LogP contribution in [0.15, 0.2) is 47.7 Å². The molecule has 1 aromatic rings. The number of ether oxygens (including phenoxy) is 9. The summed E-state index contributed by atoms with van der Waals surface area (Å²) in [5.74, 6) is -6.60. The molecule has 1 fully saturated rings. The van der Waals surface area contributed by atoms with Gasteiger partial charge in [-0.3, -0.25) is 28.8 Å². The Kier molecular flexibility index (Phi) is 14.7. The van der Waals surface area contributed by atoms with Crippen molar-refractivity contribution in [1.29, 1.82) is 0 Å². The van der Waals surface area contributed by atoms with Crippen LogP contribution >= 0.6 is 0 Å². The number of carbonyl (C=O) groups excluding carboxylic acids is 6. The summed E-state index contributed by atoms with van der Waals surface area (Å²) in [5.41, 5.74) is 0.645. The minimum atomic E-state index is -1.65. The van der Waals surface area contributed by atoms with E-state index in [0.29, 0.717) is 12.2 Å². The summed E-state index contributed by atoms with van der Waals surface area (Å²) in [4.78, 5) is 84.4. The molecular formula is C34H40O17. The Hall–Kier alpha value is -5.29. The molecule has 0 radical (unpaired) electrons. The van der Waals surface area contributed by atoms with Gasteiger partial charge in [0.1, 0.15) is 18.5 Å². The van der Waals surface area contributed by atoms with E-state index in [2.05, 4.69) is 0 Å². The number of carboxylic acids is 1. The van der Waals surface area contributed by atoms with Crippen molar-refractivity contribution in [3.8, 4) is 5.75 Å². The monoisotopic (exact) mass is 720 g/mol. The third-order valence-corrected chi connectivity index (χ3v) is 7.36. The molecule has 0 saturated carbocycles. The number of aliphatic carboxylic acids is 1. The van der Waals surface area contributed by atoms with E-state index < -0.39 is 97.7 Å². The highest BCUT2D eigenvalue weighted by molar-refractivity contribution is 5.89. The Morgan fingerprint density at radius 1 is 0.784 bits per heavy atom. The highest BCUT2D eigenvalue weighted by atomic mass is 16.8. The number of hydrogen-bond donors (Lipinski definition) is 1. The molecule has 2 aliphatic heterocycles. The van der Waals surface area contributed by atoms with Gasteiger partial charge in [0.2, 0.25) is 12.6 Å². The summed E-state index contributed by atoms with van der Waals surface area (Å²) in [5, 5.41) is 9.93. The second kappa shape index (κ2) is 18.6. The van der Waals surface area contributed by atoms with Gasteiger partial charge < -0.3 is 47.7 Å². The summed E-state index contributed by atoms with van der Waals surface area (Å²) in [6.07, 6.45) is -6.72. The summed E-state index contributed by atoms with van der Waals surface area (Å²) < 4.78 is 49.4. The van der Waals surface area contributed by atoms with Crippen molar-refractivity contribution in [3.05, 3.63) is 53.3 Å². The van der Waals surface area contributed by atoms with Crippen molar-refractivity contribution in [1.82, 2.24) is 0 Å². The van der Waals surface area contributed by atoms with Gasteiger partial charge >= 0.3 is 41.8 Å². The first kappa shape index (κ1) is 40.1.